The van der Waals surface area contributed by atoms with Crippen molar-refractivity contribution in [1.29, 1.82) is 0 Å². The fraction of sp³-hybridized carbons (Fsp3) is 0. The van der Waals surface area contributed by atoms with Crippen LogP contribution in [0.3, 0.4) is 0 Å². The van der Waals surface area contributed by atoms with Crippen molar-refractivity contribution in [2.24, 2.45) is 0 Å². The van der Waals surface area contributed by atoms with Crippen LogP contribution in [0.4, 0.5) is 0 Å². The van der Waals surface area contributed by atoms with Crippen LogP contribution in [0.2, 0.25) is 0 Å². The summed E-state index contributed by atoms with van der Waals surface area (Å²) < 4.78 is 11.3. The predicted molar refractivity (Wildman–Crippen MR) is 224 cm³/mol. The minimum Gasteiger partial charge on any atom is -0.423 e. The molecule has 6 nitrogen and oxygen atoms in total. The summed E-state index contributed by atoms with van der Waals surface area (Å²) in [4.78, 5) is 22.4. The smallest absolute Gasteiger partial charge is 0.423 e. The lowest BCUT2D eigenvalue weighted by Crippen LogP contribution is -2.31. The van der Waals surface area contributed by atoms with Gasteiger partial charge < -0.3 is 18.9 Å². The summed E-state index contributed by atoms with van der Waals surface area (Å²) in [6.45, 7) is 0. The van der Waals surface area contributed by atoms with Gasteiger partial charge in [0.1, 0.15) is 11.2 Å². The van der Waals surface area contributed by atoms with Crippen LogP contribution in [-0.4, -0.2) is 17.2 Å². The van der Waals surface area contributed by atoms with Crippen molar-refractivity contribution in [1.82, 2.24) is 0 Å². The van der Waals surface area contributed by atoms with Crippen LogP contribution in [0.25, 0.3) is 76.2 Å². The van der Waals surface area contributed by atoms with Crippen molar-refractivity contribution in [3.63, 3.8) is 0 Å². The lowest BCUT2D eigenvalue weighted by atomic mass is 9.74. The van der Waals surface area contributed by atoms with Gasteiger partial charge >= 0.3 is 18.4 Å². The minimum atomic E-state index is -1.45. The maximum atomic E-state index is 11.6. The SMILES string of the molecule is O=c1ccc2ccc(-c3c4ccccc4cc4ccccc34)cc2o1.O=c1ccc2ccc(Br)cc2o1.OB(O)c1c2ccccc2cc2ccccc12. The fourth-order valence-corrected chi connectivity index (χ4v) is 7.24. The highest BCUT2D eigenvalue weighted by Crippen LogP contribution is 2.37. The van der Waals surface area contributed by atoms with Crippen LogP contribution in [0.1, 0.15) is 0 Å². The molecule has 0 aliphatic carbocycles. The first kappa shape index (κ1) is 34.8. The first-order valence-corrected chi connectivity index (χ1v) is 18.0. The molecule has 0 aliphatic rings. The lowest BCUT2D eigenvalue weighted by Gasteiger charge is -2.12. The molecule has 2 aromatic heterocycles. The number of hydrogen-bond donors (Lipinski definition) is 2. The molecular weight excluding hydrogens is 739 g/mol. The van der Waals surface area contributed by atoms with Gasteiger partial charge in [-0.05, 0) is 102 Å². The van der Waals surface area contributed by atoms with Gasteiger partial charge in [0.25, 0.3) is 0 Å². The summed E-state index contributed by atoms with van der Waals surface area (Å²) in [5.41, 5.74) is 3.38. The summed E-state index contributed by atoms with van der Waals surface area (Å²) in [7, 11) is -1.45. The Hall–Kier alpha value is -6.32. The van der Waals surface area contributed by atoms with Crippen molar-refractivity contribution >= 4 is 93.5 Å². The van der Waals surface area contributed by atoms with Crippen molar-refractivity contribution in [3.05, 3.63) is 195 Å². The van der Waals surface area contributed by atoms with Crippen LogP contribution in [0.15, 0.2) is 193 Å². The van der Waals surface area contributed by atoms with Gasteiger partial charge in [0, 0.05) is 27.4 Å². The molecule has 0 saturated heterocycles. The molecule has 8 aromatic carbocycles. The summed E-state index contributed by atoms with van der Waals surface area (Å²) in [5.74, 6) is 0. The van der Waals surface area contributed by atoms with E-state index in [4.69, 9.17) is 8.83 Å². The van der Waals surface area contributed by atoms with E-state index in [2.05, 4.69) is 82.7 Å². The normalized spacial score (nSPS) is 11.0. The number of fused-ring (bicyclic) bond motifs is 6. The van der Waals surface area contributed by atoms with Crippen LogP contribution >= 0.6 is 15.9 Å². The van der Waals surface area contributed by atoms with Crippen molar-refractivity contribution in [2.45, 2.75) is 0 Å². The molecule has 0 saturated carbocycles. The Bertz CT molecular complexity index is 3010. The number of rotatable bonds is 2. The lowest BCUT2D eigenvalue weighted by molar-refractivity contribution is 0.426. The zero-order chi connectivity index (χ0) is 37.2. The molecule has 0 amide bonds. The number of benzene rings is 8. The number of hydrogen-bond acceptors (Lipinski definition) is 6. The van der Waals surface area contributed by atoms with Gasteiger partial charge in [-0.15, -0.1) is 0 Å². The van der Waals surface area contributed by atoms with Gasteiger partial charge in [-0.25, -0.2) is 9.59 Å². The maximum Gasteiger partial charge on any atom is 0.489 e. The van der Waals surface area contributed by atoms with Crippen LogP contribution in [0.5, 0.6) is 0 Å². The van der Waals surface area contributed by atoms with Gasteiger partial charge in [0.15, 0.2) is 0 Å². The molecule has 0 atom stereocenters. The van der Waals surface area contributed by atoms with Crippen LogP contribution in [0, 0.1) is 0 Å². The molecule has 0 bridgehead atoms. The molecule has 0 fully saturated rings. The molecule has 10 rings (SSSR count). The average molecular weight is 769 g/mol. The van der Waals surface area contributed by atoms with Crippen LogP contribution in [-0.2, 0) is 0 Å². The van der Waals surface area contributed by atoms with Crippen molar-refractivity contribution in [2.75, 3.05) is 0 Å². The molecule has 260 valence electrons. The van der Waals surface area contributed by atoms with E-state index in [1.165, 1.54) is 39.2 Å². The zero-order valence-electron chi connectivity index (χ0n) is 28.6. The fourth-order valence-electron chi connectivity index (χ4n) is 6.90. The maximum absolute atomic E-state index is 11.6. The molecule has 0 aliphatic heterocycles. The monoisotopic (exact) mass is 768 g/mol. The van der Waals surface area contributed by atoms with E-state index in [1.807, 2.05) is 72.8 Å². The van der Waals surface area contributed by atoms with Crippen LogP contribution < -0.4 is 16.7 Å². The molecule has 10 aromatic rings. The van der Waals surface area contributed by atoms with Crippen molar-refractivity contribution < 1.29 is 18.9 Å². The Balaban J connectivity index is 0.000000124. The molecule has 2 N–H and O–H groups in total. The van der Waals surface area contributed by atoms with Gasteiger partial charge in [-0.1, -0.05) is 131 Å². The minimum absolute atomic E-state index is 0.319. The Kier molecular flexibility index (Phi) is 9.63. The zero-order valence-corrected chi connectivity index (χ0v) is 30.2. The van der Waals surface area contributed by atoms with E-state index in [9.17, 15) is 19.6 Å². The first-order valence-electron chi connectivity index (χ1n) is 17.2. The topological polar surface area (TPSA) is 101 Å². The van der Waals surface area contributed by atoms with E-state index in [0.29, 0.717) is 16.6 Å². The summed E-state index contributed by atoms with van der Waals surface area (Å²) >= 11 is 3.29. The van der Waals surface area contributed by atoms with Gasteiger partial charge in [-0.3, -0.25) is 0 Å². The Labute approximate surface area is 317 Å². The second kappa shape index (κ2) is 15.0. The largest absolute Gasteiger partial charge is 0.489 e. The summed E-state index contributed by atoms with van der Waals surface area (Å²) in [6, 6.07) is 54.6. The van der Waals surface area contributed by atoms with E-state index in [-0.39, 0.29) is 11.3 Å². The molecule has 54 heavy (non-hydrogen) atoms. The molecular formula is C46H30BBrO6. The Morgan fingerprint density at radius 2 is 0.833 bits per heavy atom. The van der Waals surface area contributed by atoms with E-state index >= 15 is 0 Å². The third-order valence-electron chi connectivity index (χ3n) is 9.34. The second-order valence-electron chi connectivity index (χ2n) is 12.7. The third kappa shape index (κ3) is 7.06. The Morgan fingerprint density at radius 3 is 1.33 bits per heavy atom. The third-order valence-corrected chi connectivity index (χ3v) is 9.83. The summed E-state index contributed by atoms with van der Waals surface area (Å²) in [6.07, 6.45) is 0. The van der Waals surface area contributed by atoms with Gasteiger partial charge in [-0.2, -0.15) is 0 Å². The predicted octanol–water partition coefficient (Wildman–Crippen LogP) is 9.99. The molecule has 0 radical (unpaired) electrons. The Morgan fingerprint density at radius 1 is 0.426 bits per heavy atom. The molecule has 2 heterocycles. The van der Waals surface area contributed by atoms with Crippen molar-refractivity contribution in [3.8, 4) is 11.1 Å². The standard InChI is InChI=1S/C23H14O2.C14H11BO2.C9H5BrO2/c24-22-12-11-15-9-10-18(14-21(15)25-22)23-19-7-3-1-5-16(19)13-17-6-2-4-8-20(17)23;16-15(17)14-12-7-3-1-5-10(12)9-11-6-2-4-8-13(11)14;10-7-3-1-6-2-4-9(11)12-8(6)5-7/h1-14H;1-9,16-17H;1-5H. The van der Waals surface area contributed by atoms with Gasteiger partial charge in [0.05, 0.1) is 0 Å². The number of halogens is 1. The quantitative estimate of drug-likeness (QED) is 0.103. The van der Waals surface area contributed by atoms with E-state index < -0.39 is 7.12 Å². The molecule has 8 heteroatoms. The van der Waals surface area contributed by atoms with E-state index in [0.717, 1.165) is 42.4 Å². The van der Waals surface area contributed by atoms with Gasteiger partial charge in [0.2, 0.25) is 0 Å². The van der Waals surface area contributed by atoms with E-state index in [1.54, 1.807) is 18.2 Å². The molecule has 0 unspecified atom stereocenters. The second-order valence-corrected chi connectivity index (χ2v) is 13.7. The highest BCUT2D eigenvalue weighted by molar-refractivity contribution is 9.10. The average Bonchev–Trinajstić information content (AvgIpc) is 3.19. The molecule has 0 spiro atoms. The highest BCUT2D eigenvalue weighted by Gasteiger charge is 2.18. The highest BCUT2D eigenvalue weighted by atomic mass is 79.9. The summed E-state index contributed by atoms with van der Waals surface area (Å²) in [5, 5.41) is 29.6. The first-order chi connectivity index (χ1) is 26.3.